The average Bonchev–Trinajstić information content (AvgIpc) is 3.49. The summed E-state index contributed by atoms with van der Waals surface area (Å²) in [6.45, 7) is 0. The third-order valence-corrected chi connectivity index (χ3v) is 7.35. The highest BCUT2D eigenvalue weighted by Gasteiger charge is 2.49. The van der Waals surface area contributed by atoms with E-state index in [0.717, 1.165) is 4.70 Å². The molecule has 1 amide bonds. The van der Waals surface area contributed by atoms with E-state index in [0.29, 0.717) is 44.8 Å². The summed E-state index contributed by atoms with van der Waals surface area (Å²) in [6, 6.07) is 16.0. The topological polar surface area (TPSA) is 107 Å². The number of aliphatic hydroxyl groups is 1. The summed E-state index contributed by atoms with van der Waals surface area (Å²) in [4.78, 5) is 33.0. The summed E-state index contributed by atoms with van der Waals surface area (Å²) in [5.41, 5.74) is 1.35. The maximum atomic E-state index is 13.6. The lowest BCUT2D eigenvalue weighted by molar-refractivity contribution is -0.132. The molecule has 1 N–H and O–H groups in total. The number of aliphatic hydroxyl groups excluding tert-OH is 1. The number of hydrogen-bond acceptors (Lipinski definition) is 9. The van der Waals surface area contributed by atoms with Gasteiger partial charge in [0.05, 0.1) is 44.2 Å². The zero-order chi connectivity index (χ0) is 27.0. The van der Waals surface area contributed by atoms with E-state index >= 15 is 0 Å². The molecule has 0 unspecified atom stereocenters. The van der Waals surface area contributed by atoms with Gasteiger partial charge in [-0.1, -0.05) is 11.3 Å². The van der Waals surface area contributed by atoms with E-state index in [4.69, 9.17) is 18.9 Å². The number of nitrogens with zero attached hydrogens (tertiary/aromatic N) is 2. The number of ketones is 1. The van der Waals surface area contributed by atoms with Crippen LogP contribution in [0.3, 0.4) is 0 Å². The molecule has 1 saturated heterocycles. The fraction of sp³-hybridized carbons (Fsp3) is 0.179. The van der Waals surface area contributed by atoms with Gasteiger partial charge in [-0.05, 0) is 60.7 Å². The highest BCUT2D eigenvalue weighted by atomic mass is 32.1. The first-order chi connectivity index (χ1) is 18.4. The van der Waals surface area contributed by atoms with E-state index in [1.807, 2.05) is 6.07 Å². The Balaban J connectivity index is 1.76. The summed E-state index contributed by atoms with van der Waals surface area (Å²) in [7, 11) is 6.10. The van der Waals surface area contributed by atoms with E-state index < -0.39 is 17.7 Å². The van der Waals surface area contributed by atoms with Gasteiger partial charge in [0.15, 0.2) is 5.13 Å². The molecule has 194 valence electrons. The molecular weight excluding hydrogens is 508 g/mol. The second-order valence-corrected chi connectivity index (χ2v) is 9.34. The average molecular weight is 533 g/mol. The van der Waals surface area contributed by atoms with Crippen molar-refractivity contribution in [3.8, 4) is 23.0 Å². The first kappa shape index (κ1) is 25.1. The number of benzene rings is 3. The number of amides is 1. The summed E-state index contributed by atoms with van der Waals surface area (Å²) in [6.07, 6.45) is 0. The summed E-state index contributed by atoms with van der Waals surface area (Å²) < 4.78 is 22.3. The molecule has 10 heteroatoms. The maximum Gasteiger partial charge on any atom is 0.301 e. The van der Waals surface area contributed by atoms with Gasteiger partial charge in [0.25, 0.3) is 5.78 Å². The van der Waals surface area contributed by atoms with Crippen molar-refractivity contribution >= 4 is 44.1 Å². The number of Topliss-reactive ketones (excluding diaryl/α,β-unsaturated/α-hetero) is 1. The van der Waals surface area contributed by atoms with E-state index in [2.05, 4.69) is 4.98 Å². The third kappa shape index (κ3) is 4.18. The molecular formula is C28H24N2O7S. The van der Waals surface area contributed by atoms with E-state index in [-0.39, 0.29) is 11.3 Å². The van der Waals surface area contributed by atoms with E-state index in [1.165, 1.54) is 37.6 Å². The zero-order valence-electron chi connectivity index (χ0n) is 21.1. The number of methoxy groups -OCH3 is 4. The number of rotatable bonds is 7. The van der Waals surface area contributed by atoms with Crippen LogP contribution in [0.15, 0.2) is 66.2 Å². The van der Waals surface area contributed by atoms with Crippen LogP contribution in [0.5, 0.6) is 23.0 Å². The Labute approximate surface area is 222 Å². The quantitative estimate of drug-likeness (QED) is 0.202. The van der Waals surface area contributed by atoms with Crippen LogP contribution in [-0.4, -0.2) is 50.2 Å². The molecule has 4 aromatic rings. The van der Waals surface area contributed by atoms with Gasteiger partial charge >= 0.3 is 5.91 Å². The monoisotopic (exact) mass is 532 g/mol. The van der Waals surface area contributed by atoms with Gasteiger partial charge in [-0.25, -0.2) is 4.98 Å². The minimum Gasteiger partial charge on any atom is -0.507 e. The number of ether oxygens (including phenoxy) is 4. The maximum absolute atomic E-state index is 13.6. The molecule has 1 atom stereocenters. The van der Waals surface area contributed by atoms with Crippen molar-refractivity contribution < 1.29 is 33.6 Å². The number of hydrogen-bond donors (Lipinski definition) is 1. The number of anilines is 1. The molecule has 5 rings (SSSR count). The SMILES string of the molecule is COc1ccc(C(O)=C2C(=O)C(=O)N(c3nc4ccc(OC)cc4s3)[C@H]2c2cc(OC)ccc2OC)cc1. The largest absolute Gasteiger partial charge is 0.507 e. The van der Waals surface area contributed by atoms with Crippen LogP contribution >= 0.6 is 11.3 Å². The second-order valence-electron chi connectivity index (χ2n) is 8.34. The molecule has 0 saturated carbocycles. The highest BCUT2D eigenvalue weighted by molar-refractivity contribution is 7.22. The van der Waals surface area contributed by atoms with Crippen LogP contribution in [0.25, 0.3) is 16.0 Å². The molecule has 0 bridgehead atoms. The Kier molecular flexibility index (Phi) is 6.64. The van der Waals surface area contributed by atoms with Crippen molar-refractivity contribution in [3.05, 3.63) is 77.4 Å². The van der Waals surface area contributed by atoms with Crippen molar-refractivity contribution in [3.63, 3.8) is 0 Å². The molecule has 0 aliphatic carbocycles. The molecule has 1 aliphatic heterocycles. The minimum atomic E-state index is -1.04. The summed E-state index contributed by atoms with van der Waals surface area (Å²) >= 11 is 1.24. The summed E-state index contributed by atoms with van der Waals surface area (Å²) in [5, 5.41) is 11.7. The molecule has 1 aromatic heterocycles. The fourth-order valence-electron chi connectivity index (χ4n) is 4.40. The molecule has 9 nitrogen and oxygen atoms in total. The predicted octanol–water partition coefficient (Wildman–Crippen LogP) is 4.96. The zero-order valence-corrected chi connectivity index (χ0v) is 21.9. The molecule has 0 spiro atoms. The van der Waals surface area contributed by atoms with Crippen molar-refractivity contribution in [2.24, 2.45) is 0 Å². The lowest BCUT2D eigenvalue weighted by Crippen LogP contribution is -2.29. The van der Waals surface area contributed by atoms with Crippen LogP contribution in [0.1, 0.15) is 17.2 Å². The number of aromatic nitrogens is 1. The van der Waals surface area contributed by atoms with Crippen LogP contribution in [0, 0.1) is 0 Å². The number of carbonyl (C=O) groups excluding carboxylic acids is 2. The van der Waals surface area contributed by atoms with Gasteiger partial charge in [0, 0.05) is 11.1 Å². The number of fused-ring (bicyclic) bond motifs is 1. The predicted molar refractivity (Wildman–Crippen MR) is 143 cm³/mol. The van der Waals surface area contributed by atoms with Crippen molar-refractivity contribution in [1.29, 1.82) is 0 Å². The third-order valence-electron chi connectivity index (χ3n) is 6.33. The number of thiazole rings is 1. The van der Waals surface area contributed by atoms with Crippen LogP contribution in [0.4, 0.5) is 5.13 Å². The van der Waals surface area contributed by atoms with Crippen molar-refractivity contribution in [1.82, 2.24) is 4.98 Å². The van der Waals surface area contributed by atoms with E-state index in [9.17, 15) is 14.7 Å². The van der Waals surface area contributed by atoms with Gasteiger partial charge in [-0.2, -0.15) is 0 Å². The lowest BCUT2D eigenvalue weighted by Gasteiger charge is -2.25. The van der Waals surface area contributed by atoms with Crippen LogP contribution in [0.2, 0.25) is 0 Å². The summed E-state index contributed by atoms with van der Waals surface area (Å²) in [5.74, 6) is 0.131. The van der Waals surface area contributed by atoms with Gasteiger partial charge in [0.1, 0.15) is 34.8 Å². The Morgan fingerprint density at radius 1 is 0.842 bits per heavy atom. The molecule has 2 heterocycles. The molecule has 0 radical (unpaired) electrons. The van der Waals surface area contributed by atoms with Crippen molar-refractivity contribution in [2.45, 2.75) is 6.04 Å². The van der Waals surface area contributed by atoms with Gasteiger partial charge in [-0.3, -0.25) is 14.5 Å². The molecule has 3 aromatic carbocycles. The standard InChI is InChI=1S/C28H24N2O7S/c1-34-16-7-5-15(6-8-16)25(31)23-24(19-13-17(35-2)10-12-21(19)37-4)30(27(33)26(23)32)28-29-20-11-9-18(36-3)14-22(20)38-28/h5-14,24,31H,1-4H3/t24-/m0/s1. The van der Waals surface area contributed by atoms with Crippen LogP contribution < -0.4 is 23.8 Å². The minimum absolute atomic E-state index is 0.0939. The number of carbonyl (C=O) groups is 2. The Hall–Kier alpha value is -4.57. The Morgan fingerprint density at radius 3 is 2.13 bits per heavy atom. The van der Waals surface area contributed by atoms with Crippen LogP contribution in [-0.2, 0) is 9.59 Å². The van der Waals surface area contributed by atoms with Crippen molar-refractivity contribution in [2.75, 3.05) is 33.3 Å². The van der Waals surface area contributed by atoms with Gasteiger partial charge < -0.3 is 24.1 Å². The lowest BCUT2D eigenvalue weighted by atomic mass is 9.94. The first-order valence-corrected chi connectivity index (χ1v) is 12.3. The molecule has 1 aliphatic rings. The molecule has 38 heavy (non-hydrogen) atoms. The normalized spacial score (nSPS) is 16.6. The van der Waals surface area contributed by atoms with Gasteiger partial charge in [0.2, 0.25) is 0 Å². The Morgan fingerprint density at radius 2 is 1.47 bits per heavy atom. The fourth-order valence-corrected chi connectivity index (χ4v) is 5.43. The Bertz CT molecular complexity index is 1580. The highest BCUT2D eigenvalue weighted by Crippen LogP contribution is 2.47. The second kappa shape index (κ2) is 10.1. The smallest absolute Gasteiger partial charge is 0.301 e. The first-order valence-electron chi connectivity index (χ1n) is 11.5. The van der Waals surface area contributed by atoms with Gasteiger partial charge in [-0.15, -0.1) is 0 Å². The van der Waals surface area contributed by atoms with E-state index in [1.54, 1.807) is 61.7 Å². The molecule has 1 fully saturated rings.